The molecule has 8 heteroatoms. The second kappa shape index (κ2) is 5.44. The molecule has 92 valence electrons. The Kier molecular flexibility index (Phi) is 4.48. The molecule has 4 nitrogen and oxygen atoms in total. The number of halogens is 3. The fourth-order valence-corrected chi connectivity index (χ4v) is 1.60. The van der Waals surface area contributed by atoms with Crippen molar-refractivity contribution in [2.45, 2.75) is 26.1 Å². The highest BCUT2D eigenvalue weighted by atomic mass is 32.1. The first kappa shape index (κ1) is 13.2. The van der Waals surface area contributed by atoms with Crippen molar-refractivity contribution in [3.8, 4) is 0 Å². The molecule has 1 aromatic heterocycles. The summed E-state index contributed by atoms with van der Waals surface area (Å²) >= 11 is 0.486. The highest BCUT2D eigenvalue weighted by molar-refractivity contribution is 7.15. The molecule has 1 rings (SSSR count). The molecule has 1 atom stereocenters. The average Bonchev–Trinajstić information content (AvgIpc) is 2.63. The van der Waals surface area contributed by atoms with E-state index in [0.717, 1.165) is 0 Å². The van der Waals surface area contributed by atoms with Crippen LogP contribution in [0.2, 0.25) is 0 Å². The van der Waals surface area contributed by atoms with Crippen LogP contribution in [0, 0.1) is 0 Å². The van der Waals surface area contributed by atoms with Crippen molar-refractivity contribution >= 4 is 16.5 Å². The summed E-state index contributed by atoms with van der Waals surface area (Å²) in [5.74, 6) is 0. The minimum atomic E-state index is -4.43. The van der Waals surface area contributed by atoms with E-state index in [9.17, 15) is 13.2 Å². The molecular formula is C8H12F3N3OS. The summed E-state index contributed by atoms with van der Waals surface area (Å²) in [6, 6.07) is 0. The topological polar surface area (TPSA) is 47.0 Å². The first-order valence-electron chi connectivity index (χ1n) is 4.69. The molecule has 0 bridgehead atoms. The van der Waals surface area contributed by atoms with Crippen LogP contribution in [0.3, 0.4) is 0 Å². The molecule has 0 amide bonds. The van der Waals surface area contributed by atoms with Gasteiger partial charge in [-0.15, -0.1) is 10.2 Å². The molecule has 0 radical (unpaired) electrons. The molecule has 1 heterocycles. The molecule has 0 saturated heterocycles. The van der Waals surface area contributed by atoms with E-state index in [4.69, 9.17) is 4.74 Å². The number of nitrogens with one attached hydrogen (secondary N) is 1. The minimum Gasteiger partial charge on any atom is -0.377 e. The minimum absolute atomic E-state index is 0.0803. The highest BCUT2D eigenvalue weighted by Gasteiger charge is 2.35. The lowest BCUT2D eigenvalue weighted by atomic mass is 10.4. The summed E-state index contributed by atoms with van der Waals surface area (Å²) in [5, 5.41) is 8.40. The highest BCUT2D eigenvalue weighted by Crippen LogP contribution is 2.32. The maximum Gasteiger partial charge on any atom is 0.445 e. The molecule has 0 spiro atoms. The third-order valence-corrected chi connectivity index (χ3v) is 2.59. The van der Waals surface area contributed by atoms with Crippen LogP contribution in [0.4, 0.5) is 18.3 Å². The number of aromatic nitrogens is 2. The number of alkyl halides is 3. The Morgan fingerprint density at radius 2 is 2.12 bits per heavy atom. The first-order chi connectivity index (χ1) is 7.43. The molecule has 0 saturated carbocycles. The van der Waals surface area contributed by atoms with E-state index >= 15 is 0 Å². The average molecular weight is 255 g/mol. The molecule has 1 aromatic rings. The largest absolute Gasteiger partial charge is 0.445 e. The van der Waals surface area contributed by atoms with Crippen molar-refractivity contribution in [3.63, 3.8) is 0 Å². The number of anilines is 1. The Hall–Kier alpha value is -0.890. The monoisotopic (exact) mass is 255 g/mol. The van der Waals surface area contributed by atoms with E-state index in [1.807, 2.05) is 13.8 Å². The van der Waals surface area contributed by atoms with Gasteiger partial charge in [0, 0.05) is 13.2 Å². The SMILES string of the molecule is CCOC(C)CNc1nnc(C(F)(F)F)s1. The van der Waals surface area contributed by atoms with E-state index < -0.39 is 11.2 Å². The summed E-state index contributed by atoms with van der Waals surface area (Å²) in [4.78, 5) is 0. The normalized spacial score (nSPS) is 13.8. The zero-order chi connectivity index (χ0) is 12.2. The van der Waals surface area contributed by atoms with Gasteiger partial charge in [0.15, 0.2) is 0 Å². The van der Waals surface area contributed by atoms with Gasteiger partial charge in [-0.2, -0.15) is 13.2 Å². The molecule has 1 N–H and O–H groups in total. The third kappa shape index (κ3) is 3.93. The van der Waals surface area contributed by atoms with Crippen LogP contribution in [0.1, 0.15) is 18.9 Å². The van der Waals surface area contributed by atoms with Gasteiger partial charge < -0.3 is 10.1 Å². The fourth-order valence-electron chi connectivity index (χ4n) is 0.984. The molecule has 0 aliphatic heterocycles. The maximum atomic E-state index is 12.2. The van der Waals surface area contributed by atoms with Gasteiger partial charge in [0.1, 0.15) is 0 Å². The lowest BCUT2D eigenvalue weighted by molar-refractivity contribution is -0.138. The Morgan fingerprint density at radius 3 is 2.62 bits per heavy atom. The lowest BCUT2D eigenvalue weighted by Gasteiger charge is -2.10. The maximum absolute atomic E-state index is 12.2. The molecule has 0 aromatic carbocycles. The van der Waals surface area contributed by atoms with E-state index in [2.05, 4.69) is 15.5 Å². The number of hydrogen-bond acceptors (Lipinski definition) is 5. The van der Waals surface area contributed by atoms with E-state index in [1.54, 1.807) is 0 Å². The fraction of sp³-hybridized carbons (Fsp3) is 0.750. The molecule has 0 fully saturated rings. The van der Waals surface area contributed by atoms with Gasteiger partial charge in [-0.05, 0) is 13.8 Å². The van der Waals surface area contributed by atoms with Crippen LogP contribution in [0.15, 0.2) is 0 Å². The van der Waals surface area contributed by atoms with Gasteiger partial charge >= 0.3 is 6.18 Å². The van der Waals surface area contributed by atoms with Gasteiger partial charge in [-0.25, -0.2) is 0 Å². The van der Waals surface area contributed by atoms with Crippen molar-refractivity contribution < 1.29 is 17.9 Å². The zero-order valence-electron chi connectivity index (χ0n) is 8.84. The first-order valence-corrected chi connectivity index (χ1v) is 5.51. The molecular weight excluding hydrogens is 243 g/mol. The summed E-state index contributed by atoms with van der Waals surface area (Å²) < 4.78 is 41.7. The van der Waals surface area contributed by atoms with Gasteiger partial charge in [-0.3, -0.25) is 0 Å². The summed E-state index contributed by atoms with van der Waals surface area (Å²) in [5.41, 5.74) is 0. The van der Waals surface area contributed by atoms with Gasteiger partial charge in [0.2, 0.25) is 10.1 Å². The van der Waals surface area contributed by atoms with Crippen molar-refractivity contribution in [1.29, 1.82) is 0 Å². The Balaban J connectivity index is 2.47. The number of ether oxygens (including phenoxy) is 1. The zero-order valence-corrected chi connectivity index (χ0v) is 9.65. The van der Waals surface area contributed by atoms with Crippen LogP contribution in [0.25, 0.3) is 0 Å². The Labute approximate surface area is 94.8 Å². The third-order valence-electron chi connectivity index (χ3n) is 1.66. The van der Waals surface area contributed by atoms with Crippen molar-refractivity contribution in [2.75, 3.05) is 18.5 Å². The summed E-state index contributed by atoms with van der Waals surface area (Å²) in [7, 11) is 0. The van der Waals surface area contributed by atoms with Crippen molar-refractivity contribution in [2.24, 2.45) is 0 Å². The smallest absolute Gasteiger partial charge is 0.377 e. The Morgan fingerprint density at radius 1 is 1.44 bits per heavy atom. The second-order valence-electron chi connectivity index (χ2n) is 3.06. The van der Waals surface area contributed by atoms with Gasteiger partial charge in [0.05, 0.1) is 6.10 Å². The number of hydrogen-bond donors (Lipinski definition) is 1. The van der Waals surface area contributed by atoms with Crippen LogP contribution in [-0.4, -0.2) is 29.5 Å². The standard InChI is InChI=1S/C8H12F3N3OS/c1-3-15-5(2)4-12-7-14-13-6(16-7)8(9,10)11/h5H,3-4H2,1-2H3,(H,12,14). The van der Waals surface area contributed by atoms with Crippen LogP contribution < -0.4 is 5.32 Å². The number of rotatable bonds is 5. The van der Waals surface area contributed by atoms with Crippen molar-refractivity contribution in [3.05, 3.63) is 5.01 Å². The quantitative estimate of drug-likeness (QED) is 0.877. The van der Waals surface area contributed by atoms with Gasteiger partial charge in [-0.1, -0.05) is 11.3 Å². The molecule has 16 heavy (non-hydrogen) atoms. The lowest BCUT2D eigenvalue weighted by Crippen LogP contribution is -2.19. The van der Waals surface area contributed by atoms with Gasteiger partial charge in [0.25, 0.3) is 0 Å². The van der Waals surface area contributed by atoms with Crippen molar-refractivity contribution in [1.82, 2.24) is 10.2 Å². The van der Waals surface area contributed by atoms with Crippen LogP contribution in [0.5, 0.6) is 0 Å². The predicted octanol–water partition coefficient (Wildman–Crippen LogP) is 2.39. The molecule has 0 aliphatic rings. The summed E-state index contributed by atoms with van der Waals surface area (Å²) in [6.45, 7) is 4.64. The van der Waals surface area contributed by atoms with Crippen LogP contribution in [-0.2, 0) is 10.9 Å². The van der Waals surface area contributed by atoms with E-state index in [-0.39, 0.29) is 11.2 Å². The summed E-state index contributed by atoms with van der Waals surface area (Å²) in [6.07, 6.45) is -4.51. The predicted molar refractivity (Wildman–Crippen MR) is 54.5 cm³/mol. The number of nitrogens with zero attached hydrogens (tertiary/aromatic N) is 2. The van der Waals surface area contributed by atoms with E-state index in [0.29, 0.717) is 24.5 Å². The van der Waals surface area contributed by atoms with E-state index in [1.165, 1.54) is 0 Å². The Bertz CT molecular complexity index is 329. The second-order valence-corrected chi connectivity index (χ2v) is 4.03. The molecule has 1 unspecified atom stereocenters. The molecule has 0 aliphatic carbocycles. The van der Waals surface area contributed by atoms with Crippen LogP contribution >= 0.6 is 11.3 Å².